The Balaban J connectivity index is 0.000000158. The largest absolute Gasteiger partial charge is 0.856 e. The van der Waals surface area contributed by atoms with Crippen LogP contribution in [0.4, 0.5) is 29.7 Å². The number of rotatable bonds is 22. The number of imidazole rings is 5. The molecule has 0 saturated carbocycles. The molecule has 15 heterocycles. The number of nitrogens with one attached hydrogen (secondary N) is 1. The molecule has 5 aliphatic rings. The van der Waals surface area contributed by atoms with Gasteiger partial charge in [0.1, 0.15) is 91.6 Å². The van der Waals surface area contributed by atoms with Gasteiger partial charge >= 0.3 is 11.3 Å². The second-order valence-electron chi connectivity index (χ2n) is 27.4. The summed E-state index contributed by atoms with van der Waals surface area (Å²) in [5.74, 6) is -2.21. The maximum atomic E-state index is 12.2. The van der Waals surface area contributed by atoms with Crippen molar-refractivity contribution in [2.24, 2.45) is 28.2 Å². The Bertz CT molecular complexity index is 6280. The van der Waals surface area contributed by atoms with E-state index in [1.165, 1.54) is 69.3 Å². The summed E-state index contributed by atoms with van der Waals surface area (Å²) >= 11 is 0. The Morgan fingerprint density at radius 2 is 0.734 bits per heavy atom. The van der Waals surface area contributed by atoms with Gasteiger partial charge < -0.3 is 186 Å². The van der Waals surface area contributed by atoms with Crippen molar-refractivity contribution in [1.29, 1.82) is 0 Å². The molecule has 24 atom stereocenters. The van der Waals surface area contributed by atoms with Gasteiger partial charge in [-0.25, -0.2) is 42.7 Å². The smallest absolute Gasteiger partial charge is 0.309 e. The van der Waals surface area contributed by atoms with Crippen LogP contribution in [0.2, 0.25) is 0 Å². The summed E-state index contributed by atoms with van der Waals surface area (Å²) in [5.41, 5.74) is 26.5. The highest BCUT2D eigenvalue weighted by atomic mass is 31.3. The second-order valence-corrected chi connectivity index (χ2v) is 35.9. The van der Waals surface area contributed by atoms with E-state index in [4.69, 9.17) is 67.7 Å². The first-order valence-electron chi connectivity index (χ1n) is 35.3. The van der Waals surface area contributed by atoms with Gasteiger partial charge in [0.15, 0.2) is 75.9 Å². The third-order valence-corrected chi connectivity index (χ3v) is 26.1. The highest BCUT2D eigenvalue weighted by Gasteiger charge is 2.51. The Kier molecular flexibility index (Phi) is 29.5. The van der Waals surface area contributed by atoms with Crippen molar-refractivity contribution in [3.63, 3.8) is 0 Å². The number of phosphoric acid groups is 6. The number of phosphoric ester groups is 2. The summed E-state index contributed by atoms with van der Waals surface area (Å²) in [4.78, 5) is 164. The van der Waals surface area contributed by atoms with Crippen LogP contribution >= 0.6 is 46.9 Å². The Labute approximate surface area is 706 Å². The first-order valence-corrected chi connectivity index (χ1v) is 44.0. The number of nitrogens with two attached hydrogens (primary N) is 5. The van der Waals surface area contributed by atoms with Crippen LogP contribution in [0, 0.1) is 0 Å². The molecule has 0 aliphatic carbocycles. The normalized spacial score (nSPS) is 28.5. The van der Waals surface area contributed by atoms with Crippen LogP contribution < -0.4 is 104 Å². The lowest BCUT2D eigenvalue weighted by Gasteiger charge is -2.37. The molecule has 708 valence electrons. The standard InChI is InChI=1S/2C11H18N5O14P3.2C11H15N5O5.C10H13N5O5/c1-15-3-16(8-5(15)9(19)14-11(12)13-8)10-7(18)6(17)4(28-10)2-27-32(23,24)30-33(25,26)29-31(20,21)22;1-15-9(19)5-8(14-11(15)12)16(3-13-5)10-7(18)6(17)4(28-10)2-27-32(23,24)30-33(25,26)29-31(20,21)22;1-15-3-16(8-5(15)9(20)14-11(12)13-8)10-7(19)6(18)4(2-17)21-10;1-15-9(20)5-8(14-11(15)12)16(3-13-5)10-7(19)6(18)4(2-17)21-10;11-10-13-7-4(8(19)14-10)12-2-15(7)9-6(18)5(17)3(1-16)20-9/h3-4,6-7,10,17-18H,2H2,1H3,(H6-,12,13,14,19,20,21,22,23,24,25,26);3-4,6-7,10,17-18H,2H2,1H3,(H2,12,14)(H,23,24)(H,25,26)(H2,20,21,22);3-4,6-7,10,17-19H,2H2,1H3,(H2-,12,13,14,20);3-4,6-7,10,17-19H,2H2,1H3,(H2,12,14);2-3,5-6,9,16-18H,1H2,(H3,11,13,14,19)/p-8/t4*4-,6?,7+,10-;3-,5?,6+,9-/m11111/s1. The van der Waals surface area contributed by atoms with Crippen LogP contribution in [0.3, 0.4) is 0 Å². The van der Waals surface area contributed by atoms with Gasteiger partial charge in [-0.1, -0.05) is 9.97 Å². The topological polar surface area (TPSA) is 1070 Å². The molecular weight excluding hydrogens is 1870 g/mol. The zero-order valence-corrected chi connectivity index (χ0v) is 70.0. The van der Waals surface area contributed by atoms with E-state index in [1.807, 2.05) is 0 Å². The van der Waals surface area contributed by atoms with Gasteiger partial charge in [0.25, 0.3) is 59.9 Å². The van der Waals surface area contributed by atoms with Gasteiger partial charge in [-0.3, -0.25) is 78.2 Å². The van der Waals surface area contributed by atoms with Crippen molar-refractivity contribution in [3.05, 3.63) is 62.7 Å². The van der Waals surface area contributed by atoms with Crippen LogP contribution in [0.5, 0.6) is 11.8 Å². The maximum Gasteiger partial charge on any atom is 0.309 e. The molecule has 24 N–H and O–H groups in total. The minimum atomic E-state index is -6.17. The highest BCUT2D eigenvalue weighted by Crippen LogP contribution is 2.62. The zero-order chi connectivity index (χ0) is 94.9. The summed E-state index contributed by atoms with van der Waals surface area (Å²) in [6, 6.07) is 0. The molecule has 5 aliphatic heterocycles. The molecule has 10 aromatic rings. The third-order valence-electron chi connectivity index (χ3n) is 18.8. The van der Waals surface area contributed by atoms with E-state index in [0.717, 1.165) is 24.6 Å². The molecule has 9 unspecified atom stereocenters. The number of H-pyrrole nitrogens is 1. The number of aromatic nitrogens is 20. The van der Waals surface area contributed by atoms with E-state index in [1.54, 1.807) is 7.05 Å². The van der Waals surface area contributed by atoms with Crippen LogP contribution in [-0.4, -0.2) is 278 Å². The summed E-state index contributed by atoms with van der Waals surface area (Å²) in [6.45, 7) is -3.59. The maximum absolute atomic E-state index is 12.2. The summed E-state index contributed by atoms with van der Waals surface area (Å²) in [6.07, 6.45) is -20.3. The lowest BCUT2D eigenvalue weighted by molar-refractivity contribution is -0.746. The number of hydrogen-bond acceptors (Lipinski definition) is 58. The van der Waals surface area contributed by atoms with E-state index >= 15 is 0 Å². The molecule has 5 saturated heterocycles. The van der Waals surface area contributed by atoms with Gasteiger partial charge in [0.2, 0.25) is 30.3 Å². The third kappa shape index (κ3) is 21.2. The molecule has 0 aromatic carbocycles. The number of hydrogen-bond donors (Lipinski definition) is 19. The van der Waals surface area contributed by atoms with Gasteiger partial charge in [0, 0.05) is 25.9 Å². The van der Waals surface area contributed by atoms with Crippen LogP contribution in [0.25, 0.3) is 55.8 Å². The Hall–Kier alpha value is -9.15. The predicted octanol–water partition coefficient (Wildman–Crippen LogP) is -19.3. The number of nitrogen functional groups attached to an aromatic ring is 5. The first kappa shape index (κ1) is 99.4. The number of aliphatic hydroxyl groups excluding tert-OH is 13. The molecule has 0 radical (unpaired) electrons. The molecule has 68 nitrogen and oxygen atoms in total. The fourth-order valence-electron chi connectivity index (χ4n) is 12.9. The Morgan fingerprint density at radius 1 is 0.422 bits per heavy atom. The molecule has 5 fully saturated rings. The van der Waals surface area contributed by atoms with Crippen molar-refractivity contribution in [2.75, 3.05) is 61.7 Å². The molecule has 0 amide bonds. The zero-order valence-electron chi connectivity index (χ0n) is 64.6. The van der Waals surface area contributed by atoms with Gasteiger partial charge in [-0.2, -0.15) is 15.0 Å². The lowest BCUT2D eigenvalue weighted by atomic mass is 10.1. The summed E-state index contributed by atoms with van der Waals surface area (Å²) in [7, 11) is -30.5. The number of nitrogens with zero attached hydrogens (tertiary/aromatic N) is 19. The molecule has 0 spiro atoms. The number of aromatic amines is 1. The van der Waals surface area contributed by atoms with Crippen LogP contribution in [0.1, 0.15) is 31.1 Å². The van der Waals surface area contributed by atoms with Crippen molar-refractivity contribution < 1.29 is 202 Å². The van der Waals surface area contributed by atoms with Gasteiger partial charge in [-0.05, 0) is 0 Å². The molecule has 74 heteroatoms. The minimum Gasteiger partial charge on any atom is -0.856 e. The number of aryl methyl sites for hydroxylation is 2. The van der Waals surface area contributed by atoms with Crippen LogP contribution in [-0.2, 0) is 106 Å². The number of aliphatic hydroxyl groups is 13. The molecule has 10 aromatic heterocycles. The Morgan fingerprint density at radius 3 is 1.09 bits per heavy atom. The first-order chi connectivity index (χ1) is 59.4. The van der Waals surface area contributed by atoms with E-state index in [2.05, 4.69) is 81.1 Å². The molecule has 0 bridgehead atoms. The monoisotopic (exact) mass is 1940 g/mol. The summed E-state index contributed by atoms with van der Waals surface area (Å²) < 4.78 is 125. The minimum absolute atomic E-state index is 0.0130. The van der Waals surface area contributed by atoms with Crippen molar-refractivity contribution in [1.82, 2.24) is 86.8 Å². The van der Waals surface area contributed by atoms with Gasteiger partial charge in [-0.15, -0.1) is 0 Å². The summed E-state index contributed by atoms with van der Waals surface area (Å²) in [5, 5.41) is 151. The van der Waals surface area contributed by atoms with E-state index < -0.39 is 237 Å². The van der Waals surface area contributed by atoms with Crippen molar-refractivity contribution in [3.8, 4) is 11.8 Å². The molecular formula is C54H71N25O43P6-8. The van der Waals surface area contributed by atoms with Crippen LogP contribution in [0.15, 0.2) is 46.0 Å². The van der Waals surface area contributed by atoms with Gasteiger partial charge in [0.05, 0.1) is 81.8 Å². The van der Waals surface area contributed by atoms with E-state index in [-0.39, 0.29) is 79.6 Å². The highest BCUT2D eigenvalue weighted by molar-refractivity contribution is 7.65. The second kappa shape index (κ2) is 38.0. The van der Waals surface area contributed by atoms with Crippen molar-refractivity contribution in [2.45, 2.75) is 123 Å². The number of ether oxygens (including phenoxy) is 5. The van der Waals surface area contributed by atoms with E-state index in [9.17, 15) is 142 Å². The fraction of sp³-hybridized carbons (Fsp3) is 0.537. The predicted molar refractivity (Wildman–Crippen MR) is 385 cm³/mol. The fourth-order valence-corrected chi connectivity index (χ4v) is 18.6. The average molecular weight is 1940 g/mol. The number of anilines is 5. The lowest BCUT2D eigenvalue weighted by Crippen LogP contribution is -2.46. The van der Waals surface area contributed by atoms with E-state index in [0.29, 0.717) is 0 Å². The molecule has 128 heavy (non-hydrogen) atoms. The SMILES string of the molecule is Cn1c(N)nc2c(ncn2[C@@H]2O[C@H](CO)C(O)[C@@H]2O)c1=O.Cn1c(N)nc2c(ncn2[C@@H]2O[C@H](COP(=O)([O-])OP(=O)([O-])OP(=O)([O-])[O-])C(O)[C@@H]2O)c1=O.Cn1c[n+]([C@@H]2O[C@H](CO)C(O)[C@@H]2O)c2nc(N)nc([O-])c21.Cn1c[n+]([C@@H]2O[C@H](COP(=O)([O-])OP(=O)([O-])OP(=O)([O-])[O-])C(O)[C@@H]2O)c2nc(N)nc([O-])c21.Nc1nc2c(ncn2[C@@H]2O[C@H](CO)C(O)[C@@H]2O)c(=O)[nH]1. The molecule has 15 rings (SSSR count). The quantitative estimate of drug-likeness (QED) is 0.0221. The average Bonchev–Trinajstić information content (AvgIpc) is 1.62. The number of fused-ring (bicyclic) bond motifs is 5. The van der Waals surface area contributed by atoms with Crippen molar-refractivity contribution >= 4 is 132 Å².